The lowest BCUT2D eigenvalue weighted by atomic mass is 9.67. The summed E-state index contributed by atoms with van der Waals surface area (Å²) in [6.45, 7) is 13.1. The van der Waals surface area contributed by atoms with Gasteiger partial charge in [-0.05, 0) is 106 Å². The minimum absolute atomic E-state index is 0.0689. The van der Waals surface area contributed by atoms with Crippen LogP contribution in [0.1, 0.15) is 85.0 Å². The van der Waals surface area contributed by atoms with Crippen molar-refractivity contribution in [2.75, 3.05) is 0 Å². The number of hydrogen-bond donors (Lipinski definition) is 0. The van der Waals surface area contributed by atoms with Gasteiger partial charge < -0.3 is 0 Å². The molecule has 0 radical (unpaired) electrons. The number of allylic oxidation sites excluding steroid dienone is 5. The minimum Gasteiger partial charge on any atom is -0.112 e. The van der Waals surface area contributed by atoms with Crippen molar-refractivity contribution in [3.8, 4) is 22.3 Å². The van der Waals surface area contributed by atoms with Gasteiger partial charge in [0, 0.05) is 11.5 Å². The summed E-state index contributed by atoms with van der Waals surface area (Å²) in [6, 6.07) is 67.6. The first-order valence-corrected chi connectivity index (χ1v) is 20.9. The van der Waals surface area contributed by atoms with Crippen LogP contribution in [0.15, 0.2) is 216 Å². The summed E-state index contributed by atoms with van der Waals surface area (Å²) in [5.41, 5.74) is 25.3. The Morgan fingerprint density at radius 2 is 0.966 bits per heavy atom. The third-order valence-electron chi connectivity index (χ3n) is 13.0. The van der Waals surface area contributed by atoms with Crippen LogP contribution >= 0.6 is 0 Å². The number of benzene rings is 7. The Morgan fingerprint density at radius 1 is 0.466 bits per heavy atom. The smallest absolute Gasteiger partial charge is 0.0713 e. The third-order valence-corrected chi connectivity index (χ3v) is 13.0. The highest BCUT2D eigenvalue weighted by Gasteiger charge is 2.54. The monoisotopic (exact) mass is 746 g/mol. The zero-order chi connectivity index (χ0) is 40.0. The summed E-state index contributed by atoms with van der Waals surface area (Å²) in [5, 5.41) is 0. The van der Waals surface area contributed by atoms with Gasteiger partial charge in [0.2, 0.25) is 0 Å². The summed E-state index contributed by atoms with van der Waals surface area (Å²) in [5.74, 6) is 0.0689. The molecule has 0 nitrogen and oxygen atoms in total. The quantitative estimate of drug-likeness (QED) is 0.117. The van der Waals surface area contributed by atoms with E-state index in [1.165, 1.54) is 94.6 Å². The van der Waals surface area contributed by atoms with Gasteiger partial charge in [0.15, 0.2) is 0 Å². The largest absolute Gasteiger partial charge is 0.112 e. The van der Waals surface area contributed by atoms with Crippen LogP contribution in [0.5, 0.6) is 0 Å². The molecule has 58 heavy (non-hydrogen) atoms. The molecule has 7 aromatic carbocycles. The Balaban J connectivity index is 0.00000215. The Morgan fingerprint density at radius 3 is 1.57 bits per heavy atom. The van der Waals surface area contributed by atoms with Gasteiger partial charge in [-0.3, -0.25) is 0 Å². The lowest BCUT2D eigenvalue weighted by molar-refractivity contribution is 0.763. The Hall–Kier alpha value is -6.46. The molecule has 0 bridgehead atoms. The zero-order valence-corrected chi connectivity index (χ0v) is 34.5. The first kappa shape index (κ1) is 37.1. The predicted molar refractivity (Wildman–Crippen MR) is 245 cm³/mol. The maximum Gasteiger partial charge on any atom is 0.0713 e. The van der Waals surface area contributed by atoms with Crippen LogP contribution in [0.25, 0.3) is 27.8 Å². The fraction of sp³-hybridized carbons (Fsp3) is 0.155. The van der Waals surface area contributed by atoms with Crippen LogP contribution in [0.3, 0.4) is 0 Å². The first-order valence-electron chi connectivity index (χ1n) is 20.9. The lowest BCUT2D eigenvalue weighted by Crippen LogP contribution is -2.28. The van der Waals surface area contributed by atoms with Gasteiger partial charge in [-0.15, -0.1) is 5.73 Å². The minimum atomic E-state index is -0.451. The lowest BCUT2D eigenvalue weighted by Gasteiger charge is -2.34. The summed E-state index contributed by atoms with van der Waals surface area (Å²) >= 11 is 0. The standard InChI is InChI=1S/C56H44.C2H6/c1-37-27-29-41(30-28-37)42-31-33-43(34-32-42)49-35-38(2)55(44-17-8-5-9-18-44)36-52(55)53(40(4)39(49)3)48-24-16-26-51-54(48)47-23-14-15-25-50(47)56(51,45-19-10-6-11-20-45)46-21-12-7-13-22-46;1-2/h5-34,36,53H,1-4H3;1-2H3/b40-39-;. The van der Waals surface area contributed by atoms with Crippen LogP contribution in [0.2, 0.25) is 0 Å². The molecule has 7 aromatic rings. The van der Waals surface area contributed by atoms with E-state index in [4.69, 9.17) is 0 Å². The molecule has 2 atom stereocenters. The van der Waals surface area contributed by atoms with Crippen molar-refractivity contribution in [2.24, 2.45) is 0 Å². The van der Waals surface area contributed by atoms with Gasteiger partial charge in [-0.2, -0.15) is 0 Å². The molecular formula is C58H50. The molecule has 0 saturated carbocycles. The van der Waals surface area contributed by atoms with Crippen molar-refractivity contribution in [1.82, 2.24) is 0 Å². The van der Waals surface area contributed by atoms with Crippen molar-refractivity contribution >= 4 is 5.57 Å². The SMILES string of the molecule is CC.CC1=C=C(c2ccc(-c3ccc(C)cc3)cc2)/C(C)=C(/C)C(c2cccc3c2-c2ccccc2C3(c2ccccc2)c2ccccc2)C2=CC12c1ccccc1. The summed E-state index contributed by atoms with van der Waals surface area (Å²) in [6.07, 6.45) is 2.54. The molecule has 0 heteroatoms. The number of rotatable bonds is 6. The van der Waals surface area contributed by atoms with E-state index < -0.39 is 5.41 Å². The highest BCUT2D eigenvalue weighted by Crippen LogP contribution is 2.64. The first-order chi connectivity index (χ1) is 28.4. The predicted octanol–water partition coefficient (Wildman–Crippen LogP) is 15.0. The second-order valence-electron chi connectivity index (χ2n) is 15.9. The normalized spacial score (nSPS) is 19.8. The van der Waals surface area contributed by atoms with Crippen LogP contribution in [0.4, 0.5) is 0 Å². The molecule has 0 aromatic heterocycles. The Kier molecular flexibility index (Phi) is 9.48. The van der Waals surface area contributed by atoms with Crippen LogP contribution in [0, 0.1) is 6.92 Å². The van der Waals surface area contributed by atoms with E-state index in [9.17, 15) is 0 Å². The molecule has 0 fully saturated rings. The number of aryl methyl sites for hydroxylation is 1. The van der Waals surface area contributed by atoms with E-state index in [2.05, 4.69) is 221 Å². The van der Waals surface area contributed by atoms with E-state index >= 15 is 0 Å². The average molecular weight is 747 g/mol. The molecule has 3 aliphatic carbocycles. The zero-order valence-electron chi connectivity index (χ0n) is 34.5. The second-order valence-corrected chi connectivity index (χ2v) is 15.9. The Bertz CT molecular complexity index is 2730. The fourth-order valence-corrected chi connectivity index (χ4v) is 10.1. The van der Waals surface area contributed by atoms with E-state index in [1.54, 1.807) is 0 Å². The molecule has 3 aliphatic rings. The molecule has 0 saturated heterocycles. The van der Waals surface area contributed by atoms with Gasteiger partial charge in [0.25, 0.3) is 0 Å². The van der Waals surface area contributed by atoms with E-state index in [0.29, 0.717) is 0 Å². The van der Waals surface area contributed by atoms with Gasteiger partial charge >= 0.3 is 0 Å². The van der Waals surface area contributed by atoms with Gasteiger partial charge in [0.1, 0.15) is 0 Å². The highest BCUT2D eigenvalue weighted by atomic mass is 14.6. The molecular weight excluding hydrogens is 697 g/mol. The van der Waals surface area contributed by atoms with E-state index in [1.807, 2.05) is 13.8 Å². The highest BCUT2D eigenvalue weighted by molar-refractivity contribution is 5.91. The maximum atomic E-state index is 4.03. The van der Waals surface area contributed by atoms with Crippen LogP contribution < -0.4 is 0 Å². The van der Waals surface area contributed by atoms with Crippen molar-refractivity contribution in [3.05, 3.63) is 261 Å². The summed E-state index contributed by atoms with van der Waals surface area (Å²) in [4.78, 5) is 0. The van der Waals surface area contributed by atoms with Crippen LogP contribution in [-0.4, -0.2) is 0 Å². The molecule has 10 rings (SSSR count). The number of fused-ring (bicyclic) bond motifs is 4. The third kappa shape index (κ3) is 5.67. The van der Waals surface area contributed by atoms with E-state index in [-0.39, 0.29) is 11.3 Å². The average Bonchev–Trinajstić information content (AvgIpc) is 3.95. The molecule has 2 unspecified atom stereocenters. The number of hydrogen-bond acceptors (Lipinski definition) is 0. The Labute approximate surface area is 345 Å². The summed E-state index contributed by atoms with van der Waals surface area (Å²) < 4.78 is 0. The van der Waals surface area contributed by atoms with E-state index in [0.717, 1.165) is 0 Å². The van der Waals surface area contributed by atoms with Crippen molar-refractivity contribution in [3.63, 3.8) is 0 Å². The van der Waals surface area contributed by atoms with Gasteiger partial charge in [-0.25, -0.2) is 0 Å². The maximum absolute atomic E-state index is 4.03. The molecule has 0 spiro atoms. The molecule has 0 aliphatic heterocycles. The van der Waals surface area contributed by atoms with Gasteiger partial charge in [0.05, 0.1) is 10.8 Å². The van der Waals surface area contributed by atoms with Crippen LogP contribution in [-0.2, 0) is 10.8 Å². The molecule has 0 N–H and O–H groups in total. The molecule has 0 heterocycles. The van der Waals surface area contributed by atoms with Crippen molar-refractivity contribution < 1.29 is 0 Å². The van der Waals surface area contributed by atoms with Crippen molar-refractivity contribution in [1.29, 1.82) is 0 Å². The summed E-state index contributed by atoms with van der Waals surface area (Å²) in [7, 11) is 0. The topological polar surface area (TPSA) is 0 Å². The van der Waals surface area contributed by atoms with Gasteiger partial charge in [-0.1, -0.05) is 213 Å². The second kappa shape index (κ2) is 14.8. The van der Waals surface area contributed by atoms with Crippen molar-refractivity contribution in [2.45, 2.75) is 58.3 Å². The fourth-order valence-electron chi connectivity index (χ4n) is 10.1. The molecule has 282 valence electrons. The molecule has 0 amide bonds.